The van der Waals surface area contributed by atoms with Gasteiger partial charge in [0.2, 0.25) is 5.91 Å². The van der Waals surface area contributed by atoms with E-state index in [1.807, 2.05) is 18.2 Å². The molecule has 0 unspecified atom stereocenters. The Bertz CT molecular complexity index is 733. The van der Waals surface area contributed by atoms with Gasteiger partial charge in [-0.05, 0) is 18.2 Å². The maximum Gasteiger partial charge on any atom is 0.222 e. The fraction of sp³-hybridized carbons (Fsp3) is 0.350. The van der Waals surface area contributed by atoms with Gasteiger partial charge in [-0.15, -0.1) is 0 Å². The number of halogens is 1. The number of nitrogens with zero attached hydrogens (tertiary/aromatic N) is 1. The first-order chi connectivity index (χ1) is 12.7. The molecule has 26 heavy (non-hydrogen) atoms. The van der Waals surface area contributed by atoms with Crippen LogP contribution in [0.25, 0.3) is 0 Å². The molecule has 2 aromatic carbocycles. The van der Waals surface area contributed by atoms with Crippen molar-refractivity contribution in [2.24, 2.45) is 0 Å². The number of carbonyl (C=O) groups excluding carboxylic acids is 1. The number of nitrogens with one attached hydrogen (secondary N) is 2. The van der Waals surface area contributed by atoms with Crippen LogP contribution in [-0.2, 0) is 16.1 Å². The highest BCUT2D eigenvalue weighted by Crippen LogP contribution is 2.26. The van der Waals surface area contributed by atoms with Crippen LogP contribution < -0.4 is 15.5 Å². The van der Waals surface area contributed by atoms with Crippen LogP contribution in [0.3, 0.4) is 0 Å². The lowest BCUT2D eigenvalue weighted by Gasteiger charge is -2.30. The summed E-state index contributed by atoms with van der Waals surface area (Å²) in [4.78, 5) is 14.3. The molecule has 6 heteroatoms. The minimum Gasteiger partial charge on any atom is -0.383 e. The first kappa shape index (κ1) is 18.2. The Labute approximate surface area is 153 Å². The molecule has 0 saturated carbocycles. The molecule has 1 amide bonds. The number of rotatable bonds is 7. The van der Waals surface area contributed by atoms with E-state index in [1.54, 1.807) is 18.2 Å². The number of ether oxygens (including phenoxy) is 1. The van der Waals surface area contributed by atoms with Gasteiger partial charge in [0.05, 0.1) is 24.6 Å². The molecule has 0 bridgehead atoms. The van der Waals surface area contributed by atoms with Crippen molar-refractivity contribution < 1.29 is 13.9 Å². The summed E-state index contributed by atoms with van der Waals surface area (Å²) in [5, 5.41) is 6.09. The van der Waals surface area contributed by atoms with Crippen LogP contribution in [0.5, 0.6) is 0 Å². The van der Waals surface area contributed by atoms with E-state index in [4.69, 9.17) is 4.74 Å². The fourth-order valence-corrected chi connectivity index (χ4v) is 2.94. The summed E-state index contributed by atoms with van der Waals surface area (Å²) < 4.78 is 19.0. The molecule has 0 radical (unpaired) electrons. The quantitative estimate of drug-likeness (QED) is 0.800. The van der Waals surface area contributed by atoms with Gasteiger partial charge in [-0.2, -0.15) is 0 Å². The average molecular weight is 357 g/mol. The van der Waals surface area contributed by atoms with Gasteiger partial charge in [0.25, 0.3) is 0 Å². The van der Waals surface area contributed by atoms with Crippen molar-refractivity contribution in [3.05, 3.63) is 59.9 Å². The lowest BCUT2D eigenvalue weighted by atomic mass is 10.2. The van der Waals surface area contributed by atoms with Crippen molar-refractivity contribution in [3.63, 3.8) is 0 Å². The van der Waals surface area contributed by atoms with Gasteiger partial charge in [-0.3, -0.25) is 4.79 Å². The molecule has 1 heterocycles. The maximum absolute atomic E-state index is 13.6. The van der Waals surface area contributed by atoms with Crippen LogP contribution in [0.4, 0.5) is 15.8 Å². The molecule has 0 spiro atoms. The number of carbonyl (C=O) groups is 1. The summed E-state index contributed by atoms with van der Waals surface area (Å²) in [6, 6.07) is 14.5. The molecule has 0 aromatic heterocycles. The Balaban J connectivity index is 1.47. The highest BCUT2D eigenvalue weighted by molar-refractivity contribution is 5.77. The third kappa shape index (κ3) is 4.95. The molecule has 1 fully saturated rings. The van der Waals surface area contributed by atoms with Crippen LogP contribution >= 0.6 is 0 Å². The van der Waals surface area contributed by atoms with Gasteiger partial charge in [-0.1, -0.05) is 30.3 Å². The molecule has 1 aliphatic rings. The number of para-hydroxylation sites is 2. The summed E-state index contributed by atoms with van der Waals surface area (Å²) in [5.74, 6) is -0.407. The molecule has 1 aliphatic heterocycles. The van der Waals surface area contributed by atoms with Crippen molar-refractivity contribution in [1.82, 2.24) is 5.32 Å². The zero-order valence-electron chi connectivity index (χ0n) is 14.7. The Morgan fingerprint density at radius 2 is 1.81 bits per heavy atom. The van der Waals surface area contributed by atoms with Crippen LogP contribution in [-0.4, -0.2) is 38.8 Å². The Morgan fingerprint density at radius 1 is 1.08 bits per heavy atom. The van der Waals surface area contributed by atoms with E-state index < -0.39 is 0 Å². The standard InChI is InChI=1S/C20H24FN3O2/c21-17-6-2-1-5-16(17)15-23-20(25)9-10-22-18-7-3-4-8-19(18)24-11-13-26-14-12-24/h1-8,22H,9-15H2,(H,23,25). The molecular weight excluding hydrogens is 333 g/mol. The number of anilines is 2. The van der Waals surface area contributed by atoms with Crippen LogP contribution in [0, 0.1) is 5.82 Å². The molecule has 0 atom stereocenters. The number of hydrogen-bond acceptors (Lipinski definition) is 4. The molecule has 2 N–H and O–H groups in total. The van der Waals surface area contributed by atoms with E-state index >= 15 is 0 Å². The van der Waals surface area contributed by atoms with Gasteiger partial charge in [-0.25, -0.2) is 4.39 Å². The zero-order chi connectivity index (χ0) is 18.2. The first-order valence-corrected chi connectivity index (χ1v) is 8.90. The predicted molar refractivity (Wildman–Crippen MR) is 101 cm³/mol. The maximum atomic E-state index is 13.6. The van der Waals surface area contributed by atoms with Crippen molar-refractivity contribution in [2.45, 2.75) is 13.0 Å². The third-order valence-electron chi connectivity index (χ3n) is 4.36. The number of amides is 1. The first-order valence-electron chi connectivity index (χ1n) is 8.90. The second-order valence-electron chi connectivity index (χ2n) is 6.16. The molecule has 5 nitrogen and oxygen atoms in total. The topological polar surface area (TPSA) is 53.6 Å². The van der Waals surface area contributed by atoms with Gasteiger partial charge in [0.15, 0.2) is 0 Å². The largest absolute Gasteiger partial charge is 0.383 e. The highest BCUT2D eigenvalue weighted by Gasteiger charge is 2.14. The smallest absolute Gasteiger partial charge is 0.222 e. The molecule has 1 saturated heterocycles. The predicted octanol–water partition coefficient (Wildman–Crippen LogP) is 2.78. The number of benzene rings is 2. The summed E-state index contributed by atoms with van der Waals surface area (Å²) in [6.45, 7) is 3.91. The highest BCUT2D eigenvalue weighted by atomic mass is 19.1. The number of morpholine rings is 1. The monoisotopic (exact) mass is 357 g/mol. The Kier molecular flexibility index (Phi) is 6.44. The minimum absolute atomic E-state index is 0.107. The zero-order valence-corrected chi connectivity index (χ0v) is 14.7. The molecule has 138 valence electrons. The molecule has 3 rings (SSSR count). The lowest BCUT2D eigenvalue weighted by molar-refractivity contribution is -0.121. The van der Waals surface area contributed by atoms with Crippen LogP contribution in [0.1, 0.15) is 12.0 Å². The van der Waals surface area contributed by atoms with Crippen molar-refractivity contribution in [3.8, 4) is 0 Å². The van der Waals surface area contributed by atoms with Crippen molar-refractivity contribution in [1.29, 1.82) is 0 Å². The summed E-state index contributed by atoms with van der Waals surface area (Å²) >= 11 is 0. The van der Waals surface area contributed by atoms with E-state index in [9.17, 15) is 9.18 Å². The van der Waals surface area contributed by atoms with E-state index in [2.05, 4.69) is 21.6 Å². The van der Waals surface area contributed by atoms with Crippen molar-refractivity contribution >= 4 is 17.3 Å². The normalized spacial score (nSPS) is 14.1. The van der Waals surface area contributed by atoms with E-state index in [0.29, 0.717) is 18.5 Å². The van der Waals surface area contributed by atoms with Gasteiger partial charge < -0.3 is 20.3 Å². The van der Waals surface area contributed by atoms with E-state index in [-0.39, 0.29) is 18.3 Å². The summed E-state index contributed by atoms with van der Waals surface area (Å²) in [7, 11) is 0. The van der Waals surface area contributed by atoms with E-state index in [0.717, 1.165) is 37.7 Å². The average Bonchev–Trinajstić information content (AvgIpc) is 2.68. The van der Waals surface area contributed by atoms with Gasteiger partial charge >= 0.3 is 0 Å². The fourth-order valence-electron chi connectivity index (χ4n) is 2.94. The van der Waals surface area contributed by atoms with E-state index in [1.165, 1.54) is 6.07 Å². The summed E-state index contributed by atoms with van der Waals surface area (Å²) in [5.41, 5.74) is 2.63. The van der Waals surface area contributed by atoms with Gasteiger partial charge in [0, 0.05) is 38.2 Å². The number of hydrogen-bond donors (Lipinski definition) is 2. The van der Waals surface area contributed by atoms with Crippen molar-refractivity contribution in [2.75, 3.05) is 43.1 Å². The Hall–Kier alpha value is -2.60. The van der Waals surface area contributed by atoms with Gasteiger partial charge in [0.1, 0.15) is 5.82 Å². The minimum atomic E-state index is -0.301. The lowest BCUT2D eigenvalue weighted by Crippen LogP contribution is -2.36. The van der Waals surface area contributed by atoms with Crippen LogP contribution in [0.15, 0.2) is 48.5 Å². The molecular formula is C20H24FN3O2. The molecule has 0 aliphatic carbocycles. The van der Waals surface area contributed by atoms with Crippen LogP contribution in [0.2, 0.25) is 0 Å². The SMILES string of the molecule is O=C(CCNc1ccccc1N1CCOCC1)NCc1ccccc1F. The summed E-state index contributed by atoms with van der Waals surface area (Å²) in [6.07, 6.45) is 0.325. The molecule has 2 aromatic rings. The second-order valence-corrected chi connectivity index (χ2v) is 6.16. The second kappa shape index (κ2) is 9.20. The third-order valence-corrected chi connectivity index (χ3v) is 4.36. The Morgan fingerprint density at radius 3 is 2.62 bits per heavy atom.